The van der Waals surface area contributed by atoms with Crippen molar-refractivity contribution in [1.82, 2.24) is 4.31 Å². The smallest absolute Gasteiger partial charge is 0.207 e. The first-order chi connectivity index (χ1) is 11.4. The average molecular weight is 370 g/mol. The van der Waals surface area contributed by atoms with E-state index in [0.29, 0.717) is 24.6 Å². The lowest BCUT2D eigenvalue weighted by molar-refractivity contribution is 0.248. The highest BCUT2D eigenvalue weighted by molar-refractivity contribution is 7.89. The van der Waals surface area contributed by atoms with Gasteiger partial charge in [-0.1, -0.05) is 35.9 Å². The van der Waals surface area contributed by atoms with Crippen LogP contribution < -0.4 is 0 Å². The van der Waals surface area contributed by atoms with Crippen LogP contribution in [0.3, 0.4) is 0 Å². The third-order valence-electron chi connectivity index (χ3n) is 4.89. The number of hydrogen-bond donors (Lipinski definition) is 0. The maximum Gasteiger partial charge on any atom is 0.243 e. The molecule has 3 rings (SSSR count). The summed E-state index contributed by atoms with van der Waals surface area (Å²) >= 11 is 6.31. The van der Waals surface area contributed by atoms with Crippen LogP contribution in [0.15, 0.2) is 46.4 Å². The lowest BCUT2D eigenvalue weighted by Gasteiger charge is -2.35. The molecule has 1 fully saturated rings. The zero-order valence-electron chi connectivity index (χ0n) is 13.6. The van der Waals surface area contributed by atoms with Crippen LogP contribution in [0.5, 0.6) is 0 Å². The Kier molecular flexibility index (Phi) is 5.13. The van der Waals surface area contributed by atoms with E-state index in [-0.39, 0.29) is 10.8 Å². The molecule has 6 heteroatoms. The number of nitrogens with zero attached hydrogens (tertiary/aromatic N) is 1. The topological polar surface area (TPSA) is 37.4 Å². The van der Waals surface area contributed by atoms with E-state index in [4.69, 9.17) is 11.6 Å². The minimum Gasteiger partial charge on any atom is -0.207 e. The van der Waals surface area contributed by atoms with Crippen molar-refractivity contribution in [3.63, 3.8) is 0 Å². The van der Waals surface area contributed by atoms with Gasteiger partial charge in [-0.3, -0.25) is 0 Å². The van der Waals surface area contributed by atoms with Crippen LogP contribution in [0, 0.1) is 24.6 Å². The maximum atomic E-state index is 13.5. The summed E-state index contributed by atoms with van der Waals surface area (Å²) in [6, 6.07) is 3.90. The van der Waals surface area contributed by atoms with Gasteiger partial charge < -0.3 is 0 Å². The quantitative estimate of drug-likeness (QED) is 0.747. The van der Waals surface area contributed by atoms with Gasteiger partial charge in [0.25, 0.3) is 0 Å². The molecule has 0 radical (unpaired) electrons. The number of piperidine rings is 1. The van der Waals surface area contributed by atoms with Crippen LogP contribution in [0.1, 0.15) is 24.8 Å². The largest absolute Gasteiger partial charge is 0.243 e. The van der Waals surface area contributed by atoms with E-state index in [9.17, 15) is 12.8 Å². The summed E-state index contributed by atoms with van der Waals surface area (Å²) in [4.78, 5) is 0.0661. The van der Waals surface area contributed by atoms with Crippen molar-refractivity contribution in [1.29, 1.82) is 0 Å². The molecule has 0 amide bonds. The molecular formula is C18H21ClFNO2S. The molecule has 130 valence electrons. The molecule has 1 aliphatic heterocycles. The van der Waals surface area contributed by atoms with Gasteiger partial charge in [0.1, 0.15) is 5.82 Å². The fourth-order valence-electron chi connectivity index (χ4n) is 3.48. The predicted octanol–water partition coefficient (Wildman–Crippen LogP) is 4.23. The second kappa shape index (κ2) is 6.98. The van der Waals surface area contributed by atoms with Gasteiger partial charge in [0.15, 0.2) is 0 Å². The van der Waals surface area contributed by atoms with Crippen molar-refractivity contribution in [2.75, 3.05) is 13.1 Å². The van der Waals surface area contributed by atoms with Crippen LogP contribution in [0.4, 0.5) is 4.39 Å². The first-order valence-electron chi connectivity index (χ1n) is 8.18. The van der Waals surface area contributed by atoms with Gasteiger partial charge in [0.05, 0.1) is 4.90 Å². The molecule has 1 aliphatic carbocycles. The van der Waals surface area contributed by atoms with Crippen molar-refractivity contribution in [3.05, 3.63) is 52.8 Å². The van der Waals surface area contributed by atoms with Crippen molar-refractivity contribution < 1.29 is 12.8 Å². The highest BCUT2D eigenvalue weighted by Crippen LogP contribution is 2.36. The second-order valence-corrected chi connectivity index (χ2v) is 8.77. The highest BCUT2D eigenvalue weighted by atomic mass is 35.5. The summed E-state index contributed by atoms with van der Waals surface area (Å²) in [6.45, 7) is 2.57. The fourth-order valence-corrected chi connectivity index (χ4v) is 5.53. The SMILES string of the molecule is Cc1ccc(F)cc1S(=O)(=O)N1CCC(C2C=CCC=C2Cl)CC1. The monoisotopic (exact) mass is 369 g/mol. The molecule has 1 aromatic rings. The standard InChI is InChI=1S/C18H21ClFNO2S/c1-13-6-7-15(20)12-18(13)24(22,23)21-10-8-14(9-11-21)16-4-2-3-5-17(16)19/h2,4-7,12,14,16H,3,8-11H2,1H3. The van der Waals surface area contributed by atoms with Gasteiger partial charge in [-0.2, -0.15) is 4.31 Å². The van der Waals surface area contributed by atoms with Crippen molar-refractivity contribution in [3.8, 4) is 0 Å². The Balaban J connectivity index is 1.74. The first kappa shape index (κ1) is 17.6. The lowest BCUT2D eigenvalue weighted by atomic mass is 9.82. The number of halogens is 2. The van der Waals surface area contributed by atoms with Gasteiger partial charge in [-0.15, -0.1) is 0 Å². The molecule has 1 saturated heterocycles. The fraction of sp³-hybridized carbons (Fsp3) is 0.444. The Bertz CT molecular complexity index is 780. The number of aryl methyl sites for hydroxylation is 1. The van der Waals surface area contributed by atoms with Crippen molar-refractivity contribution >= 4 is 21.6 Å². The zero-order valence-corrected chi connectivity index (χ0v) is 15.2. The van der Waals surface area contributed by atoms with Gasteiger partial charge >= 0.3 is 0 Å². The molecule has 2 aliphatic rings. The van der Waals surface area contributed by atoms with Gasteiger partial charge in [-0.05, 0) is 49.8 Å². The number of sulfonamides is 1. The van der Waals surface area contributed by atoms with Gasteiger partial charge in [-0.25, -0.2) is 12.8 Å². The molecule has 1 heterocycles. The summed E-state index contributed by atoms with van der Waals surface area (Å²) in [5.41, 5.74) is 0.569. The highest BCUT2D eigenvalue weighted by Gasteiger charge is 2.33. The van der Waals surface area contributed by atoms with E-state index in [2.05, 4.69) is 12.2 Å². The van der Waals surface area contributed by atoms with Crippen LogP contribution in [-0.4, -0.2) is 25.8 Å². The summed E-state index contributed by atoms with van der Waals surface area (Å²) in [5.74, 6) is 0.0184. The number of benzene rings is 1. The third kappa shape index (κ3) is 3.44. The summed E-state index contributed by atoms with van der Waals surface area (Å²) in [6.07, 6.45) is 8.63. The van der Waals surface area contributed by atoms with E-state index in [1.165, 1.54) is 16.4 Å². The lowest BCUT2D eigenvalue weighted by Crippen LogP contribution is -2.40. The summed E-state index contributed by atoms with van der Waals surface area (Å²) in [5, 5.41) is 0.861. The molecular weight excluding hydrogens is 349 g/mol. The normalized spacial score (nSPS) is 23.3. The molecule has 0 spiro atoms. The molecule has 0 bridgehead atoms. The Labute approximate surface area is 147 Å². The molecule has 1 unspecified atom stereocenters. The molecule has 3 nitrogen and oxygen atoms in total. The van der Waals surface area contributed by atoms with E-state index in [1.54, 1.807) is 6.92 Å². The van der Waals surface area contributed by atoms with Crippen LogP contribution >= 0.6 is 11.6 Å². The zero-order chi connectivity index (χ0) is 17.3. The van der Waals surface area contributed by atoms with Crippen molar-refractivity contribution in [2.24, 2.45) is 11.8 Å². The molecule has 24 heavy (non-hydrogen) atoms. The Morgan fingerprint density at radius 3 is 2.62 bits per heavy atom. The maximum absolute atomic E-state index is 13.5. The van der Waals surface area contributed by atoms with Gasteiger partial charge in [0, 0.05) is 24.0 Å². The van der Waals surface area contributed by atoms with Gasteiger partial charge in [0.2, 0.25) is 10.0 Å². The molecule has 0 N–H and O–H groups in total. The Hall–Kier alpha value is -1.17. The molecule has 0 saturated carbocycles. The number of rotatable bonds is 3. The minimum atomic E-state index is -3.66. The molecule has 0 aromatic heterocycles. The molecule has 1 atom stereocenters. The minimum absolute atomic E-state index is 0.0661. The van der Waals surface area contributed by atoms with E-state index in [1.807, 2.05) is 6.08 Å². The van der Waals surface area contributed by atoms with Crippen molar-refractivity contribution in [2.45, 2.75) is 31.1 Å². The average Bonchev–Trinajstić information content (AvgIpc) is 2.57. The van der Waals surface area contributed by atoms with E-state index in [0.717, 1.165) is 30.4 Å². The Morgan fingerprint density at radius 1 is 1.25 bits per heavy atom. The van der Waals surface area contributed by atoms with E-state index >= 15 is 0 Å². The summed E-state index contributed by atoms with van der Waals surface area (Å²) in [7, 11) is -3.66. The predicted molar refractivity (Wildman–Crippen MR) is 93.8 cm³/mol. The van der Waals surface area contributed by atoms with Crippen LogP contribution in [-0.2, 0) is 10.0 Å². The number of allylic oxidation sites excluding steroid dienone is 4. The second-order valence-electron chi connectivity index (χ2n) is 6.43. The van der Waals surface area contributed by atoms with Crippen LogP contribution in [0.2, 0.25) is 0 Å². The van der Waals surface area contributed by atoms with Crippen LogP contribution in [0.25, 0.3) is 0 Å². The first-order valence-corrected chi connectivity index (χ1v) is 10.00. The third-order valence-corrected chi connectivity index (χ3v) is 7.33. The van der Waals surface area contributed by atoms with E-state index < -0.39 is 15.8 Å². The summed E-state index contributed by atoms with van der Waals surface area (Å²) < 4.78 is 40.6. The number of hydrogen-bond acceptors (Lipinski definition) is 2. The molecule has 1 aromatic carbocycles. The Morgan fingerprint density at radius 2 is 1.96 bits per heavy atom.